The zero-order valence-corrected chi connectivity index (χ0v) is 8.45. The van der Waals surface area contributed by atoms with E-state index in [0.717, 1.165) is 10.9 Å². The summed E-state index contributed by atoms with van der Waals surface area (Å²) >= 11 is 5.76. The molecule has 3 nitrogen and oxygen atoms in total. The minimum absolute atomic E-state index is 0.215. The predicted octanol–water partition coefficient (Wildman–Crippen LogP) is 2.68. The number of benzene rings is 1. The lowest BCUT2D eigenvalue weighted by Crippen LogP contribution is -1.97. The zero-order valence-electron chi connectivity index (χ0n) is 7.70. The Labute approximate surface area is 86.7 Å². The van der Waals surface area contributed by atoms with Crippen LogP contribution in [0.4, 0.5) is 0 Å². The SMILES string of the molecule is CCOc1nc(Cl)nc2ccccc12. The van der Waals surface area contributed by atoms with Gasteiger partial charge in [0.05, 0.1) is 17.5 Å². The van der Waals surface area contributed by atoms with Gasteiger partial charge in [-0.05, 0) is 30.7 Å². The fourth-order valence-electron chi connectivity index (χ4n) is 1.27. The summed E-state index contributed by atoms with van der Waals surface area (Å²) in [6, 6.07) is 7.62. The first-order valence-corrected chi connectivity index (χ1v) is 4.74. The monoisotopic (exact) mass is 208 g/mol. The van der Waals surface area contributed by atoms with Crippen molar-refractivity contribution < 1.29 is 4.74 Å². The first-order valence-electron chi connectivity index (χ1n) is 4.36. The molecular weight excluding hydrogens is 200 g/mol. The number of ether oxygens (including phenoxy) is 1. The fourth-order valence-corrected chi connectivity index (χ4v) is 1.43. The van der Waals surface area contributed by atoms with Gasteiger partial charge in [0.25, 0.3) is 0 Å². The molecule has 0 spiro atoms. The Kier molecular flexibility index (Phi) is 2.50. The molecule has 4 heteroatoms. The van der Waals surface area contributed by atoms with Crippen molar-refractivity contribution in [2.24, 2.45) is 0 Å². The average Bonchev–Trinajstić information content (AvgIpc) is 2.18. The third kappa shape index (κ3) is 1.63. The van der Waals surface area contributed by atoms with E-state index in [9.17, 15) is 0 Å². The summed E-state index contributed by atoms with van der Waals surface area (Å²) in [5, 5.41) is 1.10. The molecule has 0 saturated heterocycles. The smallest absolute Gasteiger partial charge is 0.226 e. The molecule has 14 heavy (non-hydrogen) atoms. The predicted molar refractivity (Wildman–Crippen MR) is 55.7 cm³/mol. The van der Waals surface area contributed by atoms with E-state index in [1.807, 2.05) is 31.2 Å². The lowest BCUT2D eigenvalue weighted by atomic mass is 10.2. The molecule has 0 aliphatic heterocycles. The van der Waals surface area contributed by atoms with Gasteiger partial charge in [-0.15, -0.1) is 0 Å². The molecule has 0 N–H and O–H groups in total. The topological polar surface area (TPSA) is 35.0 Å². The van der Waals surface area contributed by atoms with Crippen molar-refractivity contribution in [2.45, 2.75) is 6.92 Å². The van der Waals surface area contributed by atoms with Crippen LogP contribution in [0.1, 0.15) is 6.92 Å². The van der Waals surface area contributed by atoms with Gasteiger partial charge in [-0.1, -0.05) is 12.1 Å². The maximum atomic E-state index is 5.76. The third-order valence-electron chi connectivity index (χ3n) is 1.82. The first-order chi connectivity index (χ1) is 6.81. The molecule has 0 amide bonds. The second-order valence-electron chi connectivity index (χ2n) is 2.75. The molecule has 2 aromatic rings. The van der Waals surface area contributed by atoms with Crippen LogP contribution in [-0.4, -0.2) is 16.6 Å². The molecule has 0 bridgehead atoms. The second-order valence-corrected chi connectivity index (χ2v) is 3.09. The molecule has 0 unspecified atom stereocenters. The molecule has 0 saturated carbocycles. The van der Waals surface area contributed by atoms with Crippen LogP contribution in [0.2, 0.25) is 5.28 Å². The Morgan fingerprint density at radius 3 is 2.86 bits per heavy atom. The zero-order chi connectivity index (χ0) is 9.97. The van der Waals surface area contributed by atoms with Gasteiger partial charge in [-0.25, -0.2) is 4.98 Å². The standard InChI is InChI=1S/C10H9ClN2O/c1-2-14-9-7-5-3-4-6-8(7)12-10(11)13-9/h3-6H,2H2,1H3. The normalized spacial score (nSPS) is 10.4. The molecule has 0 fully saturated rings. The van der Waals surface area contributed by atoms with E-state index in [2.05, 4.69) is 9.97 Å². The molecule has 0 radical (unpaired) electrons. The summed E-state index contributed by atoms with van der Waals surface area (Å²) in [6.45, 7) is 2.47. The number of halogens is 1. The van der Waals surface area contributed by atoms with E-state index in [-0.39, 0.29) is 5.28 Å². The van der Waals surface area contributed by atoms with E-state index < -0.39 is 0 Å². The lowest BCUT2D eigenvalue weighted by molar-refractivity contribution is 0.331. The highest BCUT2D eigenvalue weighted by Crippen LogP contribution is 2.23. The second kappa shape index (κ2) is 3.80. The van der Waals surface area contributed by atoms with Crippen molar-refractivity contribution in [3.63, 3.8) is 0 Å². The maximum Gasteiger partial charge on any atom is 0.226 e. The van der Waals surface area contributed by atoms with E-state index >= 15 is 0 Å². The first kappa shape index (κ1) is 9.21. The molecule has 0 aliphatic carbocycles. The van der Waals surface area contributed by atoms with Gasteiger partial charge in [0.1, 0.15) is 0 Å². The molecular formula is C10H9ClN2O. The molecule has 0 aliphatic rings. The summed E-state index contributed by atoms with van der Waals surface area (Å²) in [6.07, 6.45) is 0. The number of aromatic nitrogens is 2. The highest BCUT2D eigenvalue weighted by atomic mass is 35.5. The summed E-state index contributed by atoms with van der Waals surface area (Å²) in [4.78, 5) is 8.12. The van der Waals surface area contributed by atoms with E-state index in [1.54, 1.807) is 0 Å². The minimum atomic E-state index is 0.215. The minimum Gasteiger partial charge on any atom is -0.477 e. The summed E-state index contributed by atoms with van der Waals surface area (Å²) in [5.41, 5.74) is 0.802. The summed E-state index contributed by atoms with van der Waals surface area (Å²) in [5.74, 6) is 0.545. The maximum absolute atomic E-state index is 5.76. The Hall–Kier alpha value is -1.35. The largest absolute Gasteiger partial charge is 0.477 e. The number of hydrogen-bond donors (Lipinski definition) is 0. The van der Waals surface area contributed by atoms with Gasteiger partial charge >= 0.3 is 0 Å². The molecule has 72 valence electrons. The van der Waals surface area contributed by atoms with Gasteiger partial charge in [0.15, 0.2) is 0 Å². The van der Waals surface area contributed by atoms with Crippen LogP contribution in [0, 0.1) is 0 Å². The lowest BCUT2D eigenvalue weighted by Gasteiger charge is -2.05. The number of rotatable bonds is 2. The highest BCUT2D eigenvalue weighted by Gasteiger charge is 2.05. The van der Waals surface area contributed by atoms with E-state index in [0.29, 0.717) is 12.5 Å². The van der Waals surface area contributed by atoms with Crippen LogP contribution < -0.4 is 4.74 Å². The van der Waals surface area contributed by atoms with Crippen LogP contribution >= 0.6 is 11.6 Å². The van der Waals surface area contributed by atoms with Gasteiger partial charge < -0.3 is 4.74 Å². The van der Waals surface area contributed by atoms with Gasteiger partial charge in [0, 0.05) is 0 Å². The third-order valence-corrected chi connectivity index (χ3v) is 1.99. The van der Waals surface area contributed by atoms with Crippen molar-refractivity contribution >= 4 is 22.5 Å². The van der Waals surface area contributed by atoms with Crippen LogP contribution in [0.3, 0.4) is 0 Å². The van der Waals surface area contributed by atoms with Crippen molar-refractivity contribution in [2.75, 3.05) is 6.61 Å². The van der Waals surface area contributed by atoms with Crippen LogP contribution in [0.15, 0.2) is 24.3 Å². The van der Waals surface area contributed by atoms with Crippen LogP contribution in [-0.2, 0) is 0 Å². The van der Waals surface area contributed by atoms with Crippen molar-refractivity contribution in [3.8, 4) is 5.88 Å². The van der Waals surface area contributed by atoms with Gasteiger partial charge in [-0.2, -0.15) is 4.98 Å². The van der Waals surface area contributed by atoms with Crippen molar-refractivity contribution in [3.05, 3.63) is 29.5 Å². The summed E-state index contributed by atoms with van der Waals surface area (Å²) < 4.78 is 5.36. The van der Waals surface area contributed by atoms with Gasteiger partial charge in [0.2, 0.25) is 11.2 Å². The van der Waals surface area contributed by atoms with Crippen LogP contribution in [0.25, 0.3) is 10.9 Å². The molecule has 0 atom stereocenters. The summed E-state index contributed by atoms with van der Waals surface area (Å²) in [7, 11) is 0. The molecule has 2 rings (SSSR count). The number of nitrogens with zero attached hydrogens (tertiary/aromatic N) is 2. The molecule has 1 aromatic heterocycles. The number of hydrogen-bond acceptors (Lipinski definition) is 3. The van der Waals surface area contributed by atoms with E-state index in [4.69, 9.17) is 16.3 Å². The average molecular weight is 209 g/mol. The Morgan fingerprint density at radius 1 is 1.29 bits per heavy atom. The number of fused-ring (bicyclic) bond motifs is 1. The van der Waals surface area contributed by atoms with Crippen LogP contribution in [0.5, 0.6) is 5.88 Å². The Morgan fingerprint density at radius 2 is 2.07 bits per heavy atom. The van der Waals surface area contributed by atoms with E-state index in [1.165, 1.54) is 0 Å². The molecule has 1 heterocycles. The quantitative estimate of drug-likeness (QED) is 0.712. The highest BCUT2D eigenvalue weighted by molar-refractivity contribution is 6.28. The van der Waals surface area contributed by atoms with Gasteiger partial charge in [-0.3, -0.25) is 0 Å². The fraction of sp³-hybridized carbons (Fsp3) is 0.200. The number of para-hydroxylation sites is 1. The Balaban J connectivity index is 2.67. The van der Waals surface area contributed by atoms with Crippen molar-refractivity contribution in [1.82, 2.24) is 9.97 Å². The molecule has 1 aromatic carbocycles. The Bertz CT molecular complexity index is 459. The van der Waals surface area contributed by atoms with Crippen molar-refractivity contribution in [1.29, 1.82) is 0 Å².